The molecule has 0 bridgehead atoms. The fourth-order valence-electron chi connectivity index (χ4n) is 1.27. The molecule has 1 amide bonds. The topological polar surface area (TPSA) is 67.0 Å². The highest BCUT2D eigenvalue weighted by Crippen LogP contribution is 2.15. The number of carbonyl (C=O) groups is 1. The van der Waals surface area contributed by atoms with Crippen LogP contribution in [0, 0.1) is 13.8 Å². The van der Waals surface area contributed by atoms with Crippen molar-refractivity contribution in [3.05, 3.63) is 11.4 Å². The summed E-state index contributed by atoms with van der Waals surface area (Å²) in [5.74, 6) is -0.285. The van der Waals surface area contributed by atoms with Crippen molar-refractivity contribution in [1.29, 1.82) is 0 Å². The van der Waals surface area contributed by atoms with Gasteiger partial charge in [-0.2, -0.15) is 5.10 Å². The summed E-state index contributed by atoms with van der Waals surface area (Å²) in [7, 11) is 0. The Kier molecular flexibility index (Phi) is 5.02. The van der Waals surface area contributed by atoms with Crippen molar-refractivity contribution < 1.29 is 18.3 Å². The van der Waals surface area contributed by atoms with E-state index in [2.05, 4.69) is 20.3 Å². The van der Waals surface area contributed by atoms with Gasteiger partial charge in [-0.15, -0.1) is 0 Å². The smallest absolute Gasteiger partial charge is 0.261 e. The van der Waals surface area contributed by atoms with Crippen LogP contribution in [0.25, 0.3) is 0 Å². The second-order valence-electron chi connectivity index (χ2n) is 3.57. The Labute approximate surface area is 97.5 Å². The molecule has 1 heterocycles. The summed E-state index contributed by atoms with van der Waals surface area (Å²) < 4.78 is 28.1. The number of nitrogens with one attached hydrogen (secondary N) is 2. The van der Waals surface area contributed by atoms with Gasteiger partial charge in [0.1, 0.15) is 6.61 Å². The van der Waals surface area contributed by atoms with Crippen molar-refractivity contribution in [2.24, 2.45) is 0 Å². The minimum absolute atomic E-state index is 0.0217. The number of aromatic nitrogens is 2. The van der Waals surface area contributed by atoms with E-state index < -0.39 is 13.0 Å². The van der Waals surface area contributed by atoms with Crippen LogP contribution in [-0.4, -0.2) is 35.7 Å². The average molecular weight is 247 g/mol. The van der Waals surface area contributed by atoms with Crippen molar-refractivity contribution in [3.8, 4) is 0 Å². The Morgan fingerprint density at radius 1 is 1.53 bits per heavy atom. The number of alkyl halides is 2. The number of ether oxygens (including phenoxy) is 1. The molecule has 0 radical (unpaired) electrons. The molecule has 0 unspecified atom stereocenters. The van der Waals surface area contributed by atoms with Gasteiger partial charge in [-0.1, -0.05) is 0 Å². The number of halogens is 2. The molecule has 1 aromatic rings. The number of anilines is 1. The summed E-state index contributed by atoms with van der Waals surface area (Å²) in [6.07, 6.45) is -2.46. The van der Waals surface area contributed by atoms with Gasteiger partial charge in [0, 0.05) is 0 Å². The summed E-state index contributed by atoms with van der Waals surface area (Å²) in [5.41, 5.74) is 2.07. The molecule has 96 valence electrons. The third-order valence-electron chi connectivity index (χ3n) is 2.11. The maximum absolute atomic E-state index is 11.7. The number of hydrogen-bond donors (Lipinski definition) is 2. The zero-order valence-corrected chi connectivity index (χ0v) is 9.72. The Bertz CT molecular complexity index is 360. The minimum atomic E-state index is -2.50. The quantitative estimate of drug-likeness (QED) is 0.751. The number of aryl methyl sites for hydroxylation is 2. The third kappa shape index (κ3) is 4.48. The van der Waals surface area contributed by atoms with E-state index in [1.165, 1.54) is 0 Å². The number of rotatable bonds is 6. The van der Waals surface area contributed by atoms with Crippen LogP contribution in [0.3, 0.4) is 0 Å². The largest absolute Gasteiger partial charge is 0.375 e. The van der Waals surface area contributed by atoms with Crippen molar-refractivity contribution >= 4 is 11.6 Å². The predicted molar refractivity (Wildman–Crippen MR) is 58.1 cm³/mol. The molecule has 0 aliphatic heterocycles. The van der Waals surface area contributed by atoms with Gasteiger partial charge < -0.3 is 10.1 Å². The molecule has 1 aromatic heterocycles. The fourth-order valence-corrected chi connectivity index (χ4v) is 1.27. The van der Waals surface area contributed by atoms with E-state index in [1.807, 2.05) is 0 Å². The van der Waals surface area contributed by atoms with Gasteiger partial charge >= 0.3 is 0 Å². The average Bonchev–Trinajstić information content (AvgIpc) is 2.56. The van der Waals surface area contributed by atoms with Gasteiger partial charge in [0.25, 0.3) is 6.43 Å². The SMILES string of the molecule is Cc1n[nH]c(C)c1NC(=O)CCOCC(F)F. The van der Waals surface area contributed by atoms with Crippen LogP contribution >= 0.6 is 0 Å². The Hall–Kier alpha value is -1.50. The molecule has 0 saturated carbocycles. The monoisotopic (exact) mass is 247 g/mol. The van der Waals surface area contributed by atoms with Gasteiger partial charge in [-0.3, -0.25) is 9.89 Å². The first-order chi connectivity index (χ1) is 8.00. The van der Waals surface area contributed by atoms with Crippen LogP contribution in [0.4, 0.5) is 14.5 Å². The molecule has 0 aliphatic rings. The van der Waals surface area contributed by atoms with E-state index >= 15 is 0 Å². The van der Waals surface area contributed by atoms with Crippen LogP contribution in [0.2, 0.25) is 0 Å². The van der Waals surface area contributed by atoms with E-state index in [0.717, 1.165) is 5.69 Å². The maximum atomic E-state index is 11.7. The highest BCUT2D eigenvalue weighted by atomic mass is 19.3. The van der Waals surface area contributed by atoms with Gasteiger partial charge in [0.15, 0.2) is 0 Å². The molecule has 7 heteroatoms. The lowest BCUT2D eigenvalue weighted by Gasteiger charge is -2.05. The second kappa shape index (κ2) is 6.29. The van der Waals surface area contributed by atoms with Crippen molar-refractivity contribution in [2.75, 3.05) is 18.5 Å². The lowest BCUT2D eigenvalue weighted by Crippen LogP contribution is -2.16. The van der Waals surface area contributed by atoms with E-state index in [9.17, 15) is 13.6 Å². The van der Waals surface area contributed by atoms with Crippen LogP contribution in [-0.2, 0) is 9.53 Å². The molecular formula is C10H15F2N3O2. The first-order valence-electron chi connectivity index (χ1n) is 5.18. The molecule has 2 N–H and O–H groups in total. The zero-order valence-electron chi connectivity index (χ0n) is 9.72. The van der Waals surface area contributed by atoms with Crippen molar-refractivity contribution in [2.45, 2.75) is 26.7 Å². The van der Waals surface area contributed by atoms with Gasteiger partial charge in [0.05, 0.1) is 30.1 Å². The standard InChI is InChI=1S/C10H15F2N3O2/c1-6-10(7(2)15-14-6)13-9(16)3-4-17-5-8(11)12/h8H,3-5H2,1-2H3,(H,13,16)(H,14,15). The summed E-state index contributed by atoms with van der Waals surface area (Å²) >= 11 is 0. The van der Waals surface area contributed by atoms with Crippen LogP contribution in [0.15, 0.2) is 0 Å². The number of aromatic amines is 1. The summed E-state index contributed by atoms with van der Waals surface area (Å²) in [4.78, 5) is 11.4. The predicted octanol–water partition coefficient (Wildman–Crippen LogP) is 1.64. The molecule has 0 atom stereocenters. The van der Waals surface area contributed by atoms with E-state index in [4.69, 9.17) is 0 Å². The van der Waals surface area contributed by atoms with E-state index in [0.29, 0.717) is 11.4 Å². The highest BCUT2D eigenvalue weighted by molar-refractivity contribution is 5.91. The van der Waals surface area contributed by atoms with Crippen molar-refractivity contribution in [1.82, 2.24) is 10.2 Å². The molecule has 0 aromatic carbocycles. The van der Waals surface area contributed by atoms with Crippen LogP contribution < -0.4 is 5.32 Å². The Morgan fingerprint density at radius 3 is 2.76 bits per heavy atom. The summed E-state index contributed by atoms with van der Waals surface area (Å²) in [6, 6.07) is 0. The molecule has 0 fully saturated rings. The highest BCUT2D eigenvalue weighted by Gasteiger charge is 2.10. The molecule has 0 saturated heterocycles. The first-order valence-corrected chi connectivity index (χ1v) is 5.18. The number of nitrogens with zero attached hydrogens (tertiary/aromatic N) is 1. The van der Waals surface area contributed by atoms with E-state index in [-0.39, 0.29) is 18.9 Å². The number of hydrogen-bond acceptors (Lipinski definition) is 3. The molecule has 0 aliphatic carbocycles. The third-order valence-corrected chi connectivity index (χ3v) is 2.11. The second-order valence-corrected chi connectivity index (χ2v) is 3.57. The number of H-pyrrole nitrogens is 1. The normalized spacial score (nSPS) is 10.9. The first kappa shape index (κ1) is 13.6. The van der Waals surface area contributed by atoms with Gasteiger partial charge in [-0.05, 0) is 13.8 Å². The molecular weight excluding hydrogens is 232 g/mol. The Morgan fingerprint density at radius 2 is 2.24 bits per heavy atom. The van der Waals surface area contributed by atoms with Crippen LogP contribution in [0.1, 0.15) is 17.8 Å². The number of carbonyl (C=O) groups excluding carboxylic acids is 1. The van der Waals surface area contributed by atoms with Gasteiger partial charge in [-0.25, -0.2) is 8.78 Å². The van der Waals surface area contributed by atoms with E-state index in [1.54, 1.807) is 13.8 Å². The summed E-state index contributed by atoms with van der Waals surface area (Å²) in [5, 5.41) is 9.29. The zero-order chi connectivity index (χ0) is 12.8. The molecule has 0 spiro atoms. The van der Waals surface area contributed by atoms with Crippen molar-refractivity contribution in [3.63, 3.8) is 0 Å². The molecule has 5 nitrogen and oxygen atoms in total. The van der Waals surface area contributed by atoms with Crippen LogP contribution in [0.5, 0.6) is 0 Å². The number of amides is 1. The fraction of sp³-hybridized carbons (Fsp3) is 0.600. The molecule has 1 rings (SSSR count). The Balaban J connectivity index is 2.30. The lowest BCUT2D eigenvalue weighted by atomic mass is 10.3. The lowest BCUT2D eigenvalue weighted by molar-refractivity contribution is -0.117. The maximum Gasteiger partial charge on any atom is 0.261 e. The summed E-state index contributed by atoms with van der Waals surface area (Å²) in [6.45, 7) is 2.87. The van der Waals surface area contributed by atoms with Gasteiger partial charge in [0.2, 0.25) is 5.91 Å². The molecule has 17 heavy (non-hydrogen) atoms. The minimum Gasteiger partial charge on any atom is -0.375 e.